The van der Waals surface area contributed by atoms with E-state index >= 15 is 0 Å². The summed E-state index contributed by atoms with van der Waals surface area (Å²) in [7, 11) is 1.54. The normalized spacial score (nSPS) is 34.0. The Morgan fingerprint density at radius 2 is 2.15 bits per heavy atom. The van der Waals surface area contributed by atoms with Crippen molar-refractivity contribution in [2.45, 2.75) is 12.5 Å². The fraction of sp³-hybridized carbons (Fsp3) is 0.750. The molecule has 3 amide bonds. The molecule has 1 unspecified atom stereocenters. The molecule has 1 atom stereocenters. The Kier molecular flexibility index (Phi) is 1.60. The highest BCUT2D eigenvalue weighted by atomic mass is 16.2. The van der Waals surface area contributed by atoms with Gasteiger partial charge in [-0.2, -0.15) is 0 Å². The van der Waals surface area contributed by atoms with E-state index < -0.39 is 5.54 Å². The van der Waals surface area contributed by atoms with Gasteiger partial charge < -0.3 is 10.2 Å². The molecule has 0 spiro atoms. The molecule has 2 rings (SSSR count). The van der Waals surface area contributed by atoms with Crippen LogP contribution in [0, 0.1) is 0 Å². The Morgan fingerprint density at radius 1 is 1.46 bits per heavy atom. The Labute approximate surface area is 76.7 Å². The first-order valence-corrected chi connectivity index (χ1v) is 4.38. The number of urea groups is 1. The largest absolute Gasteiger partial charge is 0.327 e. The highest BCUT2D eigenvalue weighted by Crippen LogP contribution is 2.27. The van der Waals surface area contributed by atoms with E-state index in [0.29, 0.717) is 13.1 Å². The number of imide groups is 1. The van der Waals surface area contributed by atoms with E-state index in [0.717, 1.165) is 6.54 Å². The van der Waals surface area contributed by atoms with Crippen LogP contribution in [-0.4, -0.2) is 54.0 Å². The number of amides is 3. The summed E-state index contributed by atoms with van der Waals surface area (Å²) in [6.07, 6.45) is 0. The van der Waals surface area contributed by atoms with Crippen LogP contribution in [0.25, 0.3) is 0 Å². The third-order valence-corrected chi connectivity index (χ3v) is 2.86. The van der Waals surface area contributed by atoms with Gasteiger partial charge in [-0.05, 0) is 6.92 Å². The van der Waals surface area contributed by atoms with Gasteiger partial charge in [-0.3, -0.25) is 9.69 Å². The lowest BCUT2D eigenvalue weighted by Crippen LogP contribution is -2.59. The van der Waals surface area contributed by atoms with E-state index in [2.05, 4.69) is 5.32 Å². The molecule has 5 heteroatoms. The van der Waals surface area contributed by atoms with Gasteiger partial charge >= 0.3 is 6.03 Å². The summed E-state index contributed by atoms with van der Waals surface area (Å²) in [5.74, 6) is -0.107. The molecule has 0 aromatic carbocycles. The molecule has 0 bridgehead atoms. The molecule has 5 nitrogen and oxygen atoms in total. The van der Waals surface area contributed by atoms with E-state index in [-0.39, 0.29) is 11.9 Å². The average Bonchev–Trinajstić information content (AvgIpc) is 2.29. The summed E-state index contributed by atoms with van der Waals surface area (Å²) in [5, 5.41) is 3.13. The number of fused-ring (bicyclic) bond motifs is 1. The number of nitrogens with one attached hydrogen (secondary N) is 1. The molecule has 1 N–H and O–H groups in total. The maximum Gasteiger partial charge on any atom is 0.327 e. The number of hydrogen-bond acceptors (Lipinski definition) is 3. The lowest BCUT2D eigenvalue weighted by Gasteiger charge is -2.36. The summed E-state index contributed by atoms with van der Waals surface area (Å²) >= 11 is 0. The number of nitrogens with zero attached hydrogens (tertiary/aromatic N) is 2. The van der Waals surface area contributed by atoms with Gasteiger partial charge in [0.05, 0.1) is 0 Å². The summed E-state index contributed by atoms with van der Waals surface area (Å²) in [4.78, 5) is 26.1. The number of carbonyl (C=O) groups excluding carboxylic acids is 2. The van der Waals surface area contributed by atoms with E-state index in [1.165, 1.54) is 11.9 Å². The first-order valence-electron chi connectivity index (χ1n) is 4.38. The van der Waals surface area contributed by atoms with Gasteiger partial charge in [0.25, 0.3) is 5.91 Å². The summed E-state index contributed by atoms with van der Waals surface area (Å²) in [5.41, 5.74) is -0.649. The van der Waals surface area contributed by atoms with Gasteiger partial charge in [-0.1, -0.05) is 0 Å². The number of rotatable bonds is 0. The van der Waals surface area contributed by atoms with Crippen molar-refractivity contribution in [3.05, 3.63) is 0 Å². The quantitative estimate of drug-likeness (QED) is 0.502. The van der Waals surface area contributed by atoms with Crippen LogP contribution in [0.3, 0.4) is 0 Å². The first-order chi connectivity index (χ1) is 6.07. The van der Waals surface area contributed by atoms with Crippen molar-refractivity contribution < 1.29 is 9.59 Å². The van der Waals surface area contributed by atoms with Crippen LogP contribution in [0.5, 0.6) is 0 Å². The van der Waals surface area contributed by atoms with Crippen molar-refractivity contribution in [1.29, 1.82) is 0 Å². The van der Waals surface area contributed by atoms with Gasteiger partial charge in [0.15, 0.2) is 0 Å². The fourth-order valence-corrected chi connectivity index (χ4v) is 1.99. The molecular formula is C8H13N3O2. The number of piperazine rings is 1. The highest BCUT2D eigenvalue weighted by Gasteiger charge is 2.53. The average molecular weight is 183 g/mol. The highest BCUT2D eigenvalue weighted by molar-refractivity contribution is 6.06. The van der Waals surface area contributed by atoms with Crippen molar-refractivity contribution in [1.82, 2.24) is 15.1 Å². The monoisotopic (exact) mass is 183 g/mol. The number of likely N-dealkylation sites (N-methyl/N-ethyl adjacent to an activating group) is 1. The molecule has 0 radical (unpaired) electrons. The molecule has 2 fully saturated rings. The maximum absolute atomic E-state index is 11.7. The van der Waals surface area contributed by atoms with Gasteiger partial charge in [0.2, 0.25) is 0 Å². The van der Waals surface area contributed by atoms with Crippen molar-refractivity contribution in [2.24, 2.45) is 0 Å². The van der Waals surface area contributed by atoms with Gasteiger partial charge in [0, 0.05) is 26.7 Å². The molecule has 72 valence electrons. The molecule has 0 aromatic rings. The van der Waals surface area contributed by atoms with Crippen LogP contribution in [0.4, 0.5) is 4.79 Å². The zero-order chi connectivity index (χ0) is 9.64. The van der Waals surface area contributed by atoms with E-state index in [9.17, 15) is 9.59 Å². The van der Waals surface area contributed by atoms with Gasteiger partial charge in [-0.15, -0.1) is 0 Å². The third-order valence-electron chi connectivity index (χ3n) is 2.86. The van der Waals surface area contributed by atoms with Crippen LogP contribution >= 0.6 is 0 Å². The molecule has 0 aliphatic carbocycles. The van der Waals surface area contributed by atoms with Crippen molar-refractivity contribution in [3.8, 4) is 0 Å². The van der Waals surface area contributed by atoms with E-state index in [1.807, 2.05) is 6.92 Å². The molecule has 13 heavy (non-hydrogen) atoms. The number of hydrogen-bond donors (Lipinski definition) is 1. The van der Waals surface area contributed by atoms with Crippen molar-refractivity contribution in [2.75, 3.05) is 26.7 Å². The SMILES string of the molecule is CN1C(=O)N2CCNCC2(C)C1=O. The standard InChI is InChI=1S/C8H13N3O2/c1-8-5-9-3-4-11(8)7(13)10(2)6(8)12/h9H,3-5H2,1-2H3. The molecular weight excluding hydrogens is 170 g/mol. The second-order valence-electron chi connectivity index (χ2n) is 3.75. The van der Waals surface area contributed by atoms with Crippen LogP contribution in [0.15, 0.2) is 0 Å². The Balaban J connectivity index is 2.38. The Bertz CT molecular complexity index is 279. The van der Waals surface area contributed by atoms with Gasteiger partial charge in [-0.25, -0.2) is 4.79 Å². The van der Waals surface area contributed by atoms with Crippen molar-refractivity contribution >= 4 is 11.9 Å². The van der Waals surface area contributed by atoms with Crippen LogP contribution in [0.2, 0.25) is 0 Å². The van der Waals surface area contributed by atoms with E-state index in [1.54, 1.807) is 4.90 Å². The maximum atomic E-state index is 11.7. The minimum atomic E-state index is -0.649. The zero-order valence-corrected chi connectivity index (χ0v) is 7.83. The smallest absolute Gasteiger partial charge is 0.312 e. The molecule has 2 heterocycles. The molecule has 0 aromatic heterocycles. The molecule has 2 aliphatic heterocycles. The predicted molar refractivity (Wildman–Crippen MR) is 46.1 cm³/mol. The minimum Gasteiger partial charge on any atom is -0.312 e. The lowest BCUT2D eigenvalue weighted by atomic mass is 9.99. The number of carbonyl (C=O) groups is 2. The molecule has 2 saturated heterocycles. The fourth-order valence-electron chi connectivity index (χ4n) is 1.99. The molecule has 0 saturated carbocycles. The van der Waals surface area contributed by atoms with Crippen LogP contribution in [-0.2, 0) is 4.79 Å². The topological polar surface area (TPSA) is 52.7 Å². The van der Waals surface area contributed by atoms with Crippen LogP contribution in [0.1, 0.15) is 6.92 Å². The lowest BCUT2D eigenvalue weighted by molar-refractivity contribution is -0.132. The second-order valence-corrected chi connectivity index (χ2v) is 3.75. The predicted octanol–water partition coefficient (Wildman–Crippen LogP) is -0.758. The zero-order valence-electron chi connectivity index (χ0n) is 7.83. The third kappa shape index (κ3) is 0.904. The van der Waals surface area contributed by atoms with Crippen LogP contribution < -0.4 is 5.32 Å². The molecule has 2 aliphatic rings. The second kappa shape index (κ2) is 2.45. The van der Waals surface area contributed by atoms with Crippen molar-refractivity contribution in [3.63, 3.8) is 0 Å². The summed E-state index contributed by atoms with van der Waals surface area (Å²) in [6, 6.07) is -0.172. The Morgan fingerprint density at radius 3 is 2.77 bits per heavy atom. The first kappa shape index (κ1) is 8.50. The van der Waals surface area contributed by atoms with E-state index in [4.69, 9.17) is 0 Å². The summed E-state index contributed by atoms with van der Waals surface area (Å²) < 4.78 is 0. The van der Waals surface area contributed by atoms with Gasteiger partial charge in [0.1, 0.15) is 5.54 Å². The Hall–Kier alpha value is -1.10. The summed E-state index contributed by atoms with van der Waals surface area (Å²) in [6.45, 7) is 3.75. The minimum absolute atomic E-state index is 0.107.